The minimum atomic E-state index is -0.346. The van der Waals surface area contributed by atoms with Crippen molar-refractivity contribution < 1.29 is 9.59 Å². The number of rotatable bonds is 4. The molecule has 6 heteroatoms. The van der Waals surface area contributed by atoms with E-state index < -0.39 is 0 Å². The third kappa shape index (κ3) is 3.97. The number of benzene rings is 2. The lowest BCUT2D eigenvalue weighted by Gasteiger charge is -2.08. The molecular weight excluding hydrogens is 333 g/mol. The predicted octanol–water partition coefficient (Wildman–Crippen LogP) is 4.40. The number of carbonyl (C=O) groups excluding carboxylic acids is 2. The van der Waals surface area contributed by atoms with Crippen molar-refractivity contribution in [2.75, 3.05) is 11.2 Å². The average molecular weight is 343 g/mol. The number of halogens is 3. The Morgan fingerprint density at radius 3 is 2.43 bits per heavy atom. The van der Waals surface area contributed by atoms with E-state index in [0.29, 0.717) is 21.8 Å². The molecule has 2 aromatic rings. The van der Waals surface area contributed by atoms with Crippen molar-refractivity contribution in [1.29, 1.82) is 0 Å². The van der Waals surface area contributed by atoms with E-state index in [1.165, 1.54) is 6.07 Å². The number of anilines is 1. The third-order valence-electron chi connectivity index (χ3n) is 2.71. The van der Waals surface area contributed by atoms with Crippen molar-refractivity contribution in [2.45, 2.75) is 0 Å². The monoisotopic (exact) mass is 341 g/mol. The lowest BCUT2D eigenvalue weighted by atomic mass is 10.0. The van der Waals surface area contributed by atoms with Gasteiger partial charge in [0.25, 0.3) is 0 Å². The maximum atomic E-state index is 12.4. The summed E-state index contributed by atoms with van der Waals surface area (Å²) in [5, 5.41) is 3.28. The Morgan fingerprint density at radius 1 is 1.05 bits per heavy atom. The summed E-state index contributed by atoms with van der Waals surface area (Å²) in [5.74, 6) is -0.736. The number of ketones is 1. The van der Waals surface area contributed by atoms with Crippen molar-refractivity contribution >= 4 is 52.2 Å². The van der Waals surface area contributed by atoms with Gasteiger partial charge in [-0.2, -0.15) is 0 Å². The van der Waals surface area contributed by atoms with Crippen LogP contribution in [-0.4, -0.2) is 17.6 Å². The first-order chi connectivity index (χ1) is 10.0. The topological polar surface area (TPSA) is 46.2 Å². The van der Waals surface area contributed by atoms with E-state index in [-0.39, 0.29) is 22.6 Å². The van der Waals surface area contributed by atoms with Crippen LogP contribution in [-0.2, 0) is 4.79 Å². The van der Waals surface area contributed by atoms with Crippen LogP contribution in [0.15, 0.2) is 42.5 Å². The van der Waals surface area contributed by atoms with E-state index in [1.54, 1.807) is 36.4 Å². The second kappa shape index (κ2) is 6.94. The molecule has 0 aliphatic carbocycles. The second-order valence-electron chi connectivity index (χ2n) is 4.22. The summed E-state index contributed by atoms with van der Waals surface area (Å²) in [4.78, 5) is 23.6. The number of alkyl halides is 1. The molecular formula is C15H10Cl3NO2. The van der Waals surface area contributed by atoms with E-state index in [9.17, 15) is 9.59 Å². The van der Waals surface area contributed by atoms with Gasteiger partial charge in [-0.3, -0.25) is 9.59 Å². The summed E-state index contributed by atoms with van der Waals surface area (Å²) in [6.07, 6.45) is 0. The Kier molecular flexibility index (Phi) is 5.23. The quantitative estimate of drug-likeness (QED) is 0.661. The predicted molar refractivity (Wildman–Crippen MR) is 85.7 cm³/mol. The number of carbonyl (C=O) groups is 2. The molecule has 1 amide bonds. The highest BCUT2D eigenvalue weighted by Gasteiger charge is 2.14. The minimum absolute atomic E-state index is 0.152. The molecule has 108 valence electrons. The summed E-state index contributed by atoms with van der Waals surface area (Å²) >= 11 is 17.4. The molecule has 0 saturated heterocycles. The van der Waals surface area contributed by atoms with E-state index in [1.807, 2.05) is 0 Å². The Labute approximate surface area is 136 Å². The molecule has 0 radical (unpaired) electrons. The molecule has 0 aromatic heterocycles. The normalized spacial score (nSPS) is 10.2. The maximum absolute atomic E-state index is 12.4. The van der Waals surface area contributed by atoms with Crippen LogP contribution in [0.3, 0.4) is 0 Å². The lowest BCUT2D eigenvalue weighted by molar-refractivity contribution is -0.113. The van der Waals surface area contributed by atoms with E-state index in [0.717, 1.165) is 0 Å². The molecule has 0 bridgehead atoms. The van der Waals surface area contributed by atoms with Crippen LogP contribution in [0.25, 0.3) is 0 Å². The van der Waals surface area contributed by atoms with Crippen LogP contribution in [0, 0.1) is 0 Å². The number of hydrogen-bond donors (Lipinski definition) is 1. The molecule has 0 unspecified atom stereocenters. The van der Waals surface area contributed by atoms with Gasteiger partial charge in [0.15, 0.2) is 5.78 Å². The molecule has 0 aliphatic rings. The van der Waals surface area contributed by atoms with Crippen molar-refractivity contribution in [3.8, 4) is 0 Å². The summed E-state index contributed by atoms with van der Waals surface area (Å²) in [6, 6.07) is 11.3. The van der Waals surface area contributed by atoms with Crippen molar-refractivity contribution in [3.63, 3.8) is 0 Å². The summed E-state index contributed by atoms with van der Waals surface area (Å²) in [5.41, 5.74) is 1.26. The molecule has 0 saturated carbocycles. The molecule has 2 rings (SSSR count). The Morgan fingerprint density at radius 2 is 1.81 bits per heavy atom. The highest BCUT2D eigenvalue weighted by molar-refractivity contribution is 6.36. The fourth-order valence-corrected chi connectivity index (χ4v) is 2.28. The zero-order valence-corrected chi connectivity index (χ0v) is 13.0. The van der Waals surface area contributed by atoms with Crippen LogP contribution in [0.2, 0.25) is 10.0 Å². The van der Waals surface area contributed by atoms with E-state index in [4.69, 9.17) is 34.8 Å². The van der Waals surface area contributed by atoms with Crippen LogP contribution < -0.4 is 5.32 Å². The van der Waals surface area contributed by atoms with Gasteiger partial charge in [-0.1, -0.05) is 35.3 Å². The van der Waals surface area contributed by atoms with Gasteiger partial charge >= 0.3 is 0 Å². The van der Waals surface area contributed by atoms with E-state index in [2.05, 4.69) is 5.32 Å². The van der Waals surface area contributed by atoms with Gasteiger partial charge in [-0.15, -0.1) is 11.6 Å². The number of amides is 1. The van der Waals surface area contributed by atoms with Gasteiger partial charge in [-0.05, 0) is 30.3 Å². The average Bonchev–Trinajstić information content (AvgIpc) is 2.46. The molecule has 2 aromatic carbocycles. The molecule has 21 heavy (non-hydrogen) atoms. The van der Waals surface area contributed by atoms with Gasteiger partial charge < -0.3 is 5.32 Å². The highest BCUT2D eigenvalue weighted by atomic mass is 35.5. The zero-order chi connectivity index (χ0) is 15.4. The van der Waals surface area contributed by atoms with Gasteiger partial charge in [0.1, 0.15) is 5.88 Å². The fraction of sp³-hybridized carbons (Fsp3) is 0.0667. The molecule has 3 nitrogen and oxygen atoms in total. The maximum Gasteiger partial charge on any atom is 0.239 e. The molecule has 1 N–H and O–H groups in total. The Hall–Kier alpha value is -1.55. The minimum Gasteiger partial charge on any atom is -0.325 e. The fourth-order valence-electron chi connectivity index (χ4n) is 1.76. The van der Waals surface area contributed by atoms with Gasteiger partial charge in [-0.25, -0.2) is 0 Å². The number of hydrogen-bond acceptors (Lipinski definition) is 2. The van der Waals surface area contributed by atoms with Gasteiger partial charge in [0.05, 0.1) is 5.02 Å². The second-order valence-corrected chi connectivity index (χ2v) is 5.33. The van der Waals surface area contributed by atoms with Crippen molar-refractivity contribution in [3.05, 3.63) is 63.6 Å². The standard InChI is InChI=1S/C15H10Cl3NO2/c16-8-14(20)19-11-4-5-12(13(18)7-11)15(21)9-2-1-3-10(17)6-9/h1-7H,8H2,(H,19,20). The largest absolute Gasteiger partial charge is 0.325 e. The molecule has 0 fully saturated rings. The summed E-state index contributed by atoms with van der Waals surface area (Å²) in [7, 11) is 0. The van der Waals surface area contributed by atoms with Crippen LogP contribution in [0.4, 0.5) is 5.69 Å². The van der Waals surface area contributed by atoms with E-state index >= 15 is 0 Å². The molecule has 0 aliphatic heterocycles. The first-order valence-electron chi connectivity index (χ1n) is 5.97. The van der Waals surface area contributed by atoms with Crippen LogP contribution >= 0.6 is 34.8 Å². The van der Waals surface area contributed by atoms with Gasteiger partial charge in [0, 0.05) is 21.8 Å². The molecule has 0 atom stereocenters. The molecule has 0 spiro atoms. The zero-order valence-electron chi connectivity index (χ0n) is 10.7. The first-order valence-corrected chi connectivity index (χ1v) is 7.26. The highest BCUT2D eigenvalue weighted by Crippen LogP contribution is 2.24. The van der Waals surface area contributed by atoms with Crippen LogP contribution in [0.1, 0.15) is 15.9 Å². The summed E-state index contributed by atoms with van der Waals surface area (Å²) in [6.45, 7) is 0. The third-order valence-corrected chi connectivity index (χ3v) is 3.50. The lowest BCUT2D eigenvalue weighted by Crippen LogP contribution is -2.12. The SMILES string of the molecule is O=C(CCl)Nc1ccc(C(=O)c2cccc(Cl)c2)c(Cl)c1. The first kappa shape index (κ1) is 15.8. The Bertz CT molecular complexity index is 701. The molecule has 0 heterocycles. The Balaban J connectivity index is 2.28. The van der Waals surface area contributed by atoms with Crippen molar-refractivity contribution in [2.24, 2.45) is 0 Å². The van der Waals surface area contributed by atoms with Crippen LogP contribution in [0.5, 0.6) is 0 Å². The van der Waals surface area contributed by atoms with Gasteiger partial charge in [0.2, 0.25) is 5.91 Å². The number of nitrogens with one attached hydrogen (secondary N) is 1. The summed E-state index contributed by atoms with van der Waals surface area (Å²) < 4.78 is 0. The smallest absolute Gasteiger partial charge is 0.239 e. The van der Waals surface area contributed by atoms with Crippen molar-refractivity contribution in [1.82, 2.24) is 0 Å².